The summed E-state index contributed by atoms with van der Waals surface area (Å²) in [7, 11) is -9.87. The summed E-state index contributed by atoms with van der Waals surface area (Å²) in [6, 6.07) is 32.0. The van der Waals surface area contributed by atoms with Crippen molar-refractivity contribution in [3.8, 4) is 0 Å². The minimum Gasteiger partial charge on any atom is -0.672 e. The molecule has 4 nitrogen and oxygen atoms in total. The first-order valence-electron chi connectivity index (χ1n) is 13.0. The van der Waals surface area contributed by atoms with Crippen LogP contribution in [0.25, 0.3) is 10.5 Å². The molecule has 0 radical (unpaired) electrons. The molecule has 1 N–H and O–H groups in total. The Morgan fingerprint density at radius 1 is 0.651 bits per heavy atom. The van der Waals surface area contributed by atoms with Crippen LogP contribution in [0.2, 0.25) is 0 Å². The fourth-order valence-electron chi connectivity index (χ4n) is 3.68. The molecule has 0 bridgehead atoms. The first-order valence-corrected chi connectivity index (χ1v) is 14.4. The van der Waals surface area contributed by atoms with Gasteiger partial charge in [0, 0.05) is 4.90 Å². The van der Waals surface area contributed by atoms with Crippen LogP contribution in [0.5, 0.6) is 0 Å². The monoisotopic (exact) mass is 702 g/mol. The van der Waals surface area contributed by atoms with Crippen molar-refractivity contribution in [1.29, 1.82) is 0 Å². The molecule has 4 rings (SSSR count). The van der Waals surface area contributed by atoms with Gasteiger partial charge in [0.05, 0.1) is 0 Å². The zero-order chi connectivity index (χ0) is 30.6. The van der Waals surface area contributed by atoms with Crippen LogP contribution in [0.3, 0.4) is 0 Å². The van der Waals surface area contributed by atoms with E-state index < -0.39 is 29.4 Å². The van der Waals surface area contributed by atoms with Gasteiger partial charge in [-0.25, -0.2) is 8.42 Å². The van der Waals surface area contributed by atoms with E-state index >= 15 is 0 Å². The molecular formula is C32H37BF4N2O2RuS. The molecule has 0 heterocycles. The van der Waals surface area contributed by atoms with Gasteiger partial charge in [-0.1, -0.05) is 133 Å². The Morgan fingerprint density at radius 3 is 1.42 bits per heavy atom. The summed E-state index contributed by atoms with van der Waals surface area (Å²) in [4.78, 5) is 0.143. The molecule has 0 spiro atoms. The number of nitrogens with zero attached hydrogens (tertiary/aromatic N) is 1. The minimum absolute atomic E-state index is 0. The third kappa shape index (κ3) is 14.9. The molecule has 43 heavy (non-hydrogen) atoms. The molecule has 4 aromatic rings. The molecule has 0 aliphatic heterocycles. The summed E-state index contributed by atoms with van der Waals surface area (Å²) in [6.45, 7) is 8.44. The smallest absolute Gasteiger partial charge is 0.672 e. The van der Waals surface area contributed by atoms with Crippen LogP contribution in [0.1, 0.15) is 59.7 Å². The van der Waals surface area contributed by atoms with E-state index in [0.29, 0.717) is 11.5 Å². The molecule has 0 aromatic heterocycles. The van der Waals surface area contributed by atoms with E-state index in [4.69, 9.17) is 5.73 Å². The van der Waals surface area contributed by atoms with Crippen molar-refractivity contribution in [2.45, 2.75) is 50.6 Å². The fraction of sp³-hybridized carbons (Fsp3) is 0.219. The second-order valence-electron chi connectivity index (χ2n) is 9.70. The van der Waals surface area contributed by atoms with Crippen LogP contribution < -0.4 is 0 Å². The largest absolute Gasteiger partial charge is 4.00 e. The quantitative estimate of drug-likeness (QED) is 0.109. The van der Waals surface area contributed by atoms with E-state index in [2.05, 4.69) is 49.8 Å². The maximum atomic E-state index is 12.8. The average Bonchev–Trinajstić information content (AvgIpc) is 2.92. The number of nitrogens with one attached hydrogen (secondary N) is 1. The van der Waals surface area contributed by atoms with Crippen LogP contribution in [0, 0.1) is 21.3 Å². The Labute approximate surface area is 267 Å². The van der Waals surface area contributed by atoms with E-state index in [0.717, 1.165) is 11.1 Å². The van der Waals surface area contributed by atoms with E-state index in [-0.39, 0.29) is 31.8 Å². The standard InChI is InChI=1S/C21H20N2O2S.C10H14.CH3.BF4.Ru/c1-16-12-14-19(15-13-16)26(24,25)23-21(18-10-6-3-7-11-18)20(22)17-8-4-2-5-9-17;1-8(2)10-6-4-9(3)5-7-10;;2-1(3,4)5;/h2-15,20-22H,1H3;4-8H,1-3H3;1H3;;/q-2;;2*-1;+4/t20-,21-;;;;/m0..../s1. The Hall–Kier alpha value is -2.84. The van der Waals surface area contributed by atoms with Crippen molar-refractivity contribution in [3.05, 3.63) is 155 Å². The van der Waals surface area contributed by atoms with E-state index in [9.17, 15) is 25.7 Å². The van der Waals surface area contributed by atoms with Crippen LogP contribution in [0.15, 0.2) is 114 Å². The summed E-state index contributed by atoms with van der Waals surface area (Å²) in [5, 5.41) is 0. The summed E-state index contributed by atoms with van der Waals surface area (Å²) >= 11 is 0. The summed E-state index contributed by atoms with van der Waals surface area (Å²) in [6.07, 6.45) is 0. The Morgan fingerprint density at radius 2 is 1.02 bits per heavy atom. The molecule has 0 fully saturated rings. The number of benzene rings is 4. The van der Waals surface area contributed by atoms with Crippen LogP contribution in [0.4, 0.5) is 17.3 Å². The van der Waals surface area contributed by atoms with Gasteiger partial charge in [-0.05, 0) is 37.5 Å². The molecule has 0 saturated carbocycles. The molecule has 232 valence electrons. The summed E-state index contributed by atoms with van der Waals surface area (Å²) < 4.78 is 68.8. The van der Waals surface area contributed by atoms with Crippen molar-refractivity contribution in [1.82, 2.24) is 0 Å². The zero-order valence-electron chi connectivity index (χ0n) is 24.7. The SMILES string of the molecule is Cc1ccc(C(C)C)cc1.Cc1ccc(S(=O)(=O)[N-][C@@H](c2ccccc2)[C@@H]([NH-])c2ccccc2)cc1.F[B-](F)(F)F.[CH3-].[Ru+4]. The summed E-state index contributed by atoms with van der Waals surface area (Å²) in [5.41, 5.74) is 13.8. The van der Waals surface area contributed by atoms with Gasteiger partial charge >= 0.3 is 26.7 Å². The Bertz CT molecular complexity index is 1420. The van der Waals surface area contributed by atoms with Crippen molar-refractivity contribution >= 4 is 17.3 Å². The topological polar surface area (TPSA) is 72.0 Å². The van der Waals surface area contributed by atoms with Gasteiger partial charge in [0.1, 0.15) is 10.0 Å². The number of hydrogen-bond acceptors (Lipinski definition) is 2. The molecule has 0 aliphatic carbocycles. The molecule has 2 atom stereocenters. The third-order valence-corrected chi connectivity index (χ3v) is 7.30. The second kappa shape index (κ2) is 18.7. The number of rotatable bonds is 7. The molecule has 4 aromatic carbocycles. The predicted octanol–water partition coefficient (Wildman–Crippen LogP) is 10.5. The van der Waals surface area contributed by atoms with Crippen molar-refractivity contribution < 1.29 is 45.2 Å². The molecule has 0 saturated heterocycles. The average molecular weight is 702 g/mol. The normalized spacial score (nSPS) is 12.2. The van der Waals surface area contributed by atoms with E-state index in [1.807, 2.05) is 67.6 Å². The maximum Gasteiger partial charge on any atom is 4.00 e. The van der Waals surface area contributed by atoms with Crippen molar-refractivity contribution in [2.24, 2.45) is 0 Å². The van der Waals surface area contributed by atoms with Crippen LogP contribution in [-0.2, 0) is 29.5 Å². The van der Waals surface area contributed by atoms with Gasteiger partial charge in [0.25, 0.3) is 0 Å². The van der Waals surface area contributed by atoms with Gasteiger partial charge in [-0.2, -0.15) is 0 Å². The van der Waals surface area contributed by atoms with Gasteiger partial charge in [-0.15, -0.1) is 12.1 Å². The van der Waals surface area contributed by atoms with Gasteiger partial charge in [-0.3, -0.25) is 0 Å². The number of hydrogen-bond donors (Lipinski definition) is 0. The molecule has 0 unspecified atom stereocenters. The Balaban J connectivity index is 0.000000863. The maximum absolute atomic E-state index is 12.8. The summed E-state index contributed by atoms with van der Waals surface area (Å²) in [5.74, 6) is 0.653. The van der Waals surface area contributed by atoms with Gasteiger partial charge < -0.3 is 35.1 Å². The Kier molecular flexibility index (Phi) is 17.5. The number of halogens is 4. The van der Waals surface area contributed by atoms with Gasteiger partial charge in [0.2, 0.25) is 0 Å². The van der Waals surface area contributed by atoms with Crippen LogP contribution >= 0.6 is 0 Å². The van der Waals surface area contributed by atoms with Gasteiger partial charge in [0.15, 0.2) is 0 Å². The molecule has 11 heteroatoms. The number of sulfonamides is 1. The first-order chi connectivity index (χ1) is 19.2. The predicted molar refractivity (Wildman–Crippen MR) is 166 cm³/mol. The first kappa shape index (κ1) is 40.2. The number of aryl methyl sites for hydroxylation is 2. The van der Waals surface area contributed by atoms with Crippen molar-refractivity contribution in [3.63, 3.8) is 0 Å². The van der Waals surface area contributed by atoms with Crippen molar-refractivity contribution in [2.75, 3.05) is 0 Å². The van der Waals surface area contributed by atoms with Crippen LogP contribution in [-0.4, -0.2) is 15.7 Å². The molecule has 0 aliphatic rings. The molecule has 0 amide bonds. The zero-order valence-corrected chi connectivity index (χ0v) is 27.3. The third-order valence-electron chi connectivity index (χ3n) is 5.93. The molecular weight excluding hydrogens is 664 g/mol. The fourth-order valence-corrected chi connectivity index (χ4v) is 4.82. The van der Waals surface area contributed by atoms with E-state index in [1.54, 1.807) is 24.3 Å². The second-order valence-corrected chi connectivity index (χ2v) is 11.3. The van der Waals surface area contributed by atoms with E-state index in [1.165, 1.54) is 11.1 Å². The minimum atomic E-state index is -6.00.